The molecule has 31 heavy (non-hydrogen) atoms. The summed E-state index contributed by atoms with van der Waals surface area (Å²) in [7, 11) is 1.85. The lowest BCUT2D eigenvalue weighted by Crippen LogP contribution is -2.39. The molecule has 1 N–H and O–H groups in total. The van der Waals surface area contributed by atoms with Crippen LogP contribution in [0.2, 0.25) is 0 Å². The number of thioether (sulfide) groups is 1. The first kappa shape index (κ1) is 21.4. The van der Waals surface area contributed by atoms with E-state index in [0.717, 1.165) is 16.9 Å². The zero-order chi connectivity index (χ0) is 22.0. The molecule has 0 spiro atoms. The Hall–Kier alpha value is -2.80. The third kappa shape index (κ3) is 4.06. The Morgan fingerprint density at radius 1 is 1.13 bits per heavy atom. The lowest BCUT2D eigenvalue weighted by atomic mass is 9.72. The van der Waals surface area contributed by atoms with Gasteiger partial charge in [0.05, 0.1) is 6.04 Å². The molecule has 2 aliphatic rings. The van der Waals surface area contributed by atoms with E-state index in [0.29, 0.717) is 18.6 Å². The summed E-state index contributed by atoms with van der Waals surface area (Å²) in [6, 6.07) is 17.0. The van der Waals surface area contributed by atoms with Crippen LogP contribution in [0.5, 0.6) is 5.75 Å². The van der Waals surface area contributed by atoms with Crippen LogP contribution in [0.15, 0.2) is 54.6 Å². The van der Waals surface area contributed by atoms with E-state index in [9.17, 15) is 14.4 Å². The number of carbonyl (C=O) groups is 3. The average Bonchev–Trinajstić information content (AvgIpc) is 3.29. The van der Waals surface area contributed by atoms with Gasteiger partial charge in [0.15, 0.2) is 6.61 Å². The molecule has 2 fully saturated rings. The van der Waals surface area contributed by atoms with Crippen molar-refractivity contribution in [2.45, 2.75) is 37.3 Å². The summed E-state index contributed by atoms with van der Waals surface area (Å²) in [4.78, 5) is 38.9. The van der Waals surface area contributed by atoms with Gasteiger partial charge in [0.25, 0.3) is 5.91 Å². The van der Waals surface area contributed by atoms with Crippen LogP contribution in [-0.2, 0) is 19.8 Å². The molecule has 2 aromatic rings. The first-order chi connectivity index (χ1) is 14.9. The number of benzene rings is 2. The Morgan fingerprint density at radius 3 is 2.39 bits per heavy atom. The molecular weight excluding hydrogens is 412 g/mol. The van der Waals surface area contributed by atoms with E-state index in [4.69, 9.17) is 4.74 Å². The van der Waals surface area contributed by atoms with Gasteiger partial charge in [-0.15, -0.1) is 0 Å². The molecule has 2 aromatic carbocycles. The molecule has 2 saturated heterocycles. The molecule has 4 rings (SSSR count). The van der Waals surface area contributed by atoms with Gasteiger partial charge in [-0.25, -0.2) is 0 Å². The summed E-state index contributed by atoms with van der Waals surface area (Å²) >= 11 is 1.25. The van der Waals surface area contributed by atoms with Gasteiger partial charge in [0.1, 0.15) is 11.2 Å². The summed E-state index contributed by atoms with van der Waals surface area (Å²) in [5, 5.41) is 2.72. The summed E-state index contributed by atoms with van der Waals surface area (Å²) in [5.74, 6) is 1.05. The van der Waals surface area contributed by atoms with Crippen LogP contribution in [0.4, 0.5) is 0 Å². The van der Waals surface area contributed by atoms with Crippen LogP contribution in [0.3, 0.4) is 0 Å². The molecule has 2 amide bonds. The third-order valence-electron chi connectivity index (χ3n) is 6.20. The minimum Gasteiger partial charge on any atom is -0.484 e. The first-order valence-corrected chi connectivity index (χ1v) is 11.4. The number of hydrogen-bond donors (Lipinski definition) is 1. The summed E-state index contributed by atoms with van der Waals surface area (Å²) < 4.78 is 5.61. The highest BCUT2D eigenvalue weighted by Gasteiger charge is 2.51. The maximum absolute atomic E-state index is 13.3. The standard InChI is InChI=1S/C24H26N2O4S/c1-16-14-24(23(29)26(16)2,17-6-4-3-5-7-17)18-8-10-19(11-9-18)30-15-21(27)25-20-12-13-31-22(20)28/h3-11,16,20H,12-15H2,1-2H3,(H,25,27). The second-order valence-corrected chi connectivity index (χ2v) is 9.23. The average molecular weight is 439 g/mol. The van der Waals surface area contributed by atoms with E-state index in [1.54, 1.807) is 12.1 Å². The molecule has 3 atom stereocenters. The third-order valence-corrected chi connectivity index (χ3v) is 7.21. The SMILES string of the molecule is CC1CC(c2ccccc2)(c2ccc(OCC(=O)NC3CCSC3=O)cc2)C(=O)N1C. The molecule has 0 saturated carbocycles. The van der Waals surface area contributed by atoms with Crippen LogP contribution < -0.4 is 10.1 Å². The molecule has 0 radical (unpaired) electrons. The van der Waals surface area contributed by atoms with Crippen LogP contribution in [0.1, 0.15) is 30.9 Å². The molecule has 2 aliphatic heterocycles. The first-order valence-electron chi connectivity index (χ1n) is 10.4. The van der Waals surface area contributed by atoms with Gasteiger partial charge in [-0.3, -0.25) is 14.4 Å². The largest absolute Gasteiger partial charge is 0.484 e. The van der Waals surface area contributed by atoms with Crippen LogP contribution in [-0.4, -0.2) is 53.3 Å². The number of carbonyl (C=O) groups excluding carboxylic acids is 3. The van der Waals surface area contributed by atoms with Crippen molar-refractivity contribution < 1.29 is 19.1 Å². The number of rotatable bonds is 6. The molecule has 0 aliphatic carbocycles. The van der Waals surface area contributed by atoms with Gasteiger partial charge in [-0.05, 0) is 43.0 Å². The number of hydrogen-bond acceptors (Lipinski definition) is 5. The minimum absolute atomic E-state index is 0.00402. The highest BCUT2D eigenvalue weighted by atomic mass is 32.2. The normalized spacial score (nSPS) is 25.7. The Labute approximate surface area is 186 Å². The van der Waals surface area contributed by atoms with Crippen molar-refractivity contribution in [2.24, 2.45) is 0 Å². The van der Waals surface area contributed by atoms with E-state index in [2.05, 4.69) is 12.2 Å². The van der Waals surface area contributed by atoms with Gasteiger partial charge >= 0.3 is 0 Å². The van der Waals surface area contributed by atoms with Crippen molar-refractivity contribution in [2.75, 3.05) is 19.4 Å². The van der Waals surface area contributed by atoms with E-state index < -0.39 is 11.5 Å². The van der Waals surface area contributed by atoms with E-state index >= 15 is 0 Å². The number of amides is 2. The zero-order valence-corrected chi connectivity index (χ0v) is 18.5. The van der Waals surface area contributed by atoms with E-state index in [1.165, 1.54) is 11.8 Å². The number of ether oxygens (including phenoxy) is 1. The number of nitrogens with one attached hydrogen (secondary N) is 1. The second kappa shape index (κ2) is 8.75. The van der Waals surface area contributed by atoms with Gasteiger partial charge < -0.3 is 15.0 Å². The van der Waals surface area contributed by atoms with Crippen molar-refractivity contribution in [1.29, 1.82) is 0 Å². The van der Waals surface area contributed by atoms with Crippen LogP contribution in [0.25, 0.3) is 0 Å². The zero-order valence-electron chi connectivity index (χ0n) is 17.7. The highest BCUT2D eigenvalue weighted by Crippen LogP contribution is 2.44. The van der Waals surface area contributed by atoms with Gasteiger partial charge in [-0.2, -0.15) is 0 Å². The van der Waals surface area contributed by atoms with Gasteiger partial charge in [-0.1, -0.05) is 54.2 Å². The number of nitrogens with zero attached hydrogens (tertiary/aromatic N) is 1. The highest BCUT2D eigenvalue weighted by molar-refractivity contribution is 8.14. The minimum atomic E-state index is -0.730. The Balaban J connectivity index is 1.50. The maximum Gasteiger partial charge on any atom is 0.258 e. The van der Waals surface area contributed by atoms with Gasteiger partial charge in [0.2, 0.25) is 11.0 Å². The summed E-state index contributed by atoms with van der Waals surface area (Å²) in [6.07, 6.45) is 1.36. The Bertz CT molecular complexity index is 979. The van der Waals surface area contributed by atoms with E-state index in [1.807, 2.05) is 54.4 Å². The fourth-order valence-corrected chi connectivity index (χ4v) is 5.32. The topological polar surface area (TPSA) is 75.7 Å². The second-order valence-electron chi connectivity index (χ2n) is 8.13. The predicted molar refractivity (Wildman–Crippen MR) is 120 cm³/mol. The molecule has 0 aromatic heterocycles. The maximum atomic E-state index is 13.3. The van der Waals surface area contributed by atoms with Crippen molar-refractivity contribution in [3.63, 3.8) is 0 Å². The Morgan fingerprint density at radius 2 is 1.81 bits per heavy atom. The number of likely N-dealkylation sites (tertiary alicyclic amines) is 1. The quantitative estimate of drug-likeness (QED) is 0.751. The molecule has 0 bridgehead atoms. The molecule has 6 nitrogen and oxygen atoms in total. The predicted octanol–water partition coefficient (Wildman–Crippen LogP) is 2.75. The van der Waals surface area contributed by atoms with Crippen molar-refractivity contribution in [3.05, 3.63) is 65.7 Å². The fourth-order valence-electron chi connectivity index (χ4n) is 4.39. The summed E-state index contributed by atoms with van der Waals surface area (Å²) in [5.41, 5.74) is 1.15. The molecular formula is C24H26N2O4S. The van der Waals surface area contributed by atoms with E-state index in [-0.39, 0.29) is 29.6 Å². The van der Waals surface area contributed by atoms with Crippen LogP contribution >= 0.6 is 11.8 Å². The van der Waals surface area contributed by atoms with Crippen molar-refractivity contribution >= 4 is 28.7 Å². The van der Waals surface area contributed by atoms with Crippen LogP contribution in [0, 0.1) is 0 Å². The van der Waals surface area contributed by atoms with Crippen molar-refractivity contribution in [1.82, 2.24) is 10.2 Å². The smallest absolute Gasteiger partial charge is 0.258 e. The van der Waals surface area contributed by atoms with Gasteiger partial charge in [0, 0.05) is 18.8 Å². The molecule has 162 valence electrons. The van der Waals surface area contributed by atoms with Crippen molar-refractivity contribution in [3.8, 4) is 5.75 Å². The lowest BCUT2D eigenvalue weighted by molar-refractivity contribution is -0.131. The number of likely N-dealkylation sites (N-methyl/N-ethyl adjacent to an activating group) is 1. The molecule has 7 heteroatoms. The summed E-state index contributed by atoms with van der Waals surface area (Å²) in [6.45, 7) is 1.91. The Kier molecular flexibility index (Phi) is 6.05. The lowest BCUT2D eigenvalue weighted by Gasteiger charge is -2.28. The monoisotopic (exact) mass is 438 g/mol. The molecule has 2 heterocycles. The molecule has 3 unspecified atom stereocenters. The fraction of sp³-hybridized carbons (Fsp3) is 0.375.